The van der Waals surface area contributed by atoms with Crippen LogP contribution in [0.5, 0.6) is 0 Å². The Morgan fingerprint density at radius 2 is 2.05 bits per heavy atom. The first-order valence-electron chi connectivity index (χ1n) is 7.42. The summed E-state index contributed by atoms with van der Waals surface area (Å²) in [5.74, 6) is 0. The van der Waals surface area contributed by atoms with Crippen molar-refractivity contribution in [3.63, 3.8) is 0 Å². The molecule has 0 bridgehead atoms. The Labute approximate surface area is 127 Å². The number of nitrogens with two attached hydrogens (primary N) is 1. The molecule has 1 aliphatic rings. The summed E-state index contributed by atoms with van der Waals surface area (Å²) in [6, 6.07) is 3.49. The lowest BCUT2D eigenvalue weighted by Gasteiger charge is -2.33. The van der Waals surface area contributed by atoms with Gasteiger partial charge in [-0.2, -0.15) is 4.31 Å². The monoisotopic (exact) mass is 312 g/mol. The number of hydrogen-bond acceptors (Lipinski definition) is 4. The van der Waals surface area contributed by atoms with Crippen LogP contribution in [0.2, 0.25) is 0 Å². The number of ether oxygens (including phenoxy) is 1. The minimum atomic E-state index is -3.54. The lowest BCUT2D eigenvalue weighted by atomic mass is 10.1. The van der Waals surface area contributed by atoms with E-state index in [-0.39, 0.29) is 6.04 Å². The number of benzene rings is 1. The van der Waals surface area contributed by atoms with Crippen LogP contribution in [-0.2, 0) is 27.6 Å². The standard InChI is InChI=1S/C15H24N2O3S/c1-4-12-8-14(16)13(5-2)15(9-12)21(18,19)17-6-7-20-10-11(17)3/h8-9,11H,4-7,10,16H2,1-3H3. The second kappa shape index (κ2) is 6.34. The molecule has 1 fully saturated rings. The van der Waals surface area contributed by atoms with Gasteiger partial charge in [0.05, 0.1) is 18.1 Å². The van der Waals surface area contributed by atoms with E-state index in [2.05, 4.69) is 0 Å². The van der Waals surface area contributed by atoms with Gasteiger partial charge >= 0.3 is 0 Å². The molecule has 5 nitrogen and oxygen atoms in total. The van der Waals surface area contributed by atoms with Gasteiger partial charge < -0.3 is 10.5 Å². The highest BCUT2D eigenvalue weighted by atomic mass is 32.2. The fourth-order valence-corrected chi connectivity index (χ4v) is 4.71. The van der Waals surface area contributed by atoms with Gasteiger partial charge in [0.15, 0.2) is 0 Å². The second-order valence-electron chi connectivity index (χ2n) is 5.41. The average molecular weight is 312 g/mol. The zero-order chi connectivity index (χ0) is 15.6. The molecule has 1 unspecified atom stereocenters. The van der Waals surface area contributed by atoms with Crippen LogP contribution < -0.4 is 5.73 Å². The maximum Gasteiger partial charge on any atom is 0.243 e. The summed E-state index contributed by atoms with van der Waals surface area (Å²) in [4.78, 5) is 0.357. The van der Waals surface area contributed by atoms with Gasteiger partial charge in [0.1, 0.15) is 0 Å². The van der Waals surface area contributed by atoms with Crippen LogP contribution in [0, 0.1) is 0 Å². The van der Waals surface area contributed by atoms with Crippen LogP contribution in [-0.4, -0.2) is 38.5 Å². The zero-order valence-corrected chi connectivity index (χ0v) is 13.7. The number of anilines is 1. The first-order chi connectivity index (χ1) is 9.91. The Morgan fingerprint density at radius 1 is 1.33 bits per heavy atom. The van der Waals surface area contributed by atoms with E-state index in [1.54, 1.807) is 6.07 Å². The summed E-state index contributed by atoms with van der Waals surface area (Å²) in [7, 11) is -3.54. The first-order valence-corrected chi connectivity index (χ1v) is 8.86. The normalized spacial score (nSPS) is 20.6. The Hall–Kier alpha value is -1.11. The average Bonchev–Trinajstić information content (AvgIpc) is 2.46. The number of aryl methyl sites for hydroxylation is 1. The largest absolute Gasteiger partial charge is 0.398 e. The highest BCUT2D eigenvalue weighted by molar-refractivity contribution is 7.89. The Kier molecular flexibility index (Phi) is 4.91. The Morgan fingerprint density at radius 3 is 2.62 bits per heavy atom. The molecule has 1 saturated heterocycles. The molecular weight excluding hydrogens is 288 g/mol. The van der Waals surface area contributed by atoms with Gasteiger partial charge in [0, 0.05) is 18.3 Å². The quantitative estimate of drug-likeness (QED) is 0.861. The zero-order valence-electron chi connectivity index (χ0n) is 12.9. The predicted octanol–water partition coefficient (Wildman–Crippen LogP) is 1.80. The van der Waals surface area contributed by atoms with Gasteiger partial charge in [-0.25, -0.2) is 8.42 Å². The molecule has 0 saturated carbocycles. The van der Waals surface area contributed by atoms with Crippen LogP contribution in [0.4, 0.5) is 5.69 Å². The number of hydrogen-bond donors (Lipinski definition) is 1. The number of nitrogen functional groups attached to an aromatic ring is 1. The fraction of sp³-hybridized carbons (Fsp3) is 0.600. The van der Waals surface area contributed by atoms with Crippen molar-refractivity contribution in [2.75, 3.05) is 25.5 Å². The molecule has 1 aromatic carbocycles. The summed E-state index contributed by atoms with van der Waals surface area (Å²) >= 11 is 0. The third-order valence-corrected chi connectivity index (χ3v) is 6.04. The van der Waals surface area contributed by atoms with Crippen LogP contribution in [0.25, 0.3) is 0 Å². The van der Waals surface area contributed by atoms with Crippen molar-refractivity contribution < 1.29 is 13.2 Å². The summed E-state index contributed by atoms with van der Waals surface area (Å²) < 4.78 is 32.9. The van der Waals surface area contributed by atoms with Crippen molar-refractivity contribution >= 4 is 15.7 Å². The maximum atomic E-state index is 13.0. The molecule has 0 aliphatic carbocycles. The molecular formula is C15H24N2O3S. The molecule has 2 N–H and O–H groups in total. The lowest BCUT2D eigenvalue weighted by Crippen LogP contribution is -2.47. The molecule has 6 heteroatoms. The number of nitrogens with zero attached hydrogens (tertiary/aromatic N) is 1. The fourth-order valence-electron chi connectivity index (χ4n) is 2.73. The second-order valence-corrected chi connectivity index (χ2v) is 7.27. The number of sulfonamides is 1. The van der Waals surface area contributed by atoms with Gasteiger partial charge in [0.25, 0.3) is 0 Å². The molecule has 21 heavy (non-hydrogen) atoms. The van der Waals surface area contributed by atoms with E-state index < -0.39 is 10.0 Å². The molecule has 1 aliphatic heterocycles. The molecule has 1 aromatic rings. The highest BCUT2D eigenvalue weighted by Crippen LogP contribution is 2.29. The summed E-state index contributed by atoms with van der Waals surface area (Å²) in [5, 5.41) is 0. The molecule has 2 rings (SSSR count). The van der Waals surface area contributed by atoms with E-state index in [4.69, 9.17) is 10.5 Å². The van der Waals surface area contributed by atoms with Crippen LogP contribution in [0.1, 0.15) is 31.9 Å². The third-order valence-electron chi connectivity index (χ3n) is 3.96. The van der Waals surface area contributed by atoms with Crippen molar-refractivity contribution in [3.8, 4) is 0 Å². The van der Waals surface area contributed by atoms with Crippen LogP contribution in [0.15, 0.2) is 17.0 Å². The molecule has 0 radical (unpaired) electrons. The van der Waals surface area contributed by atoms with Crippen LogP contribution in [0.3, 0.4) is 0 Å². The molecule has 118 valence electrons. The Balaban J connectivity index is 2.55. The van der Waals surface area contributed by atoms with Gasteiger partial charge in [0.2, 0.25) is 10.0 Å². The Bertz CT molecular complexity index is 614. The molecule has 1 heterocycles. The van der Waals surface area contributed by atoms with Crippen molar-refractivity contribution in [2.45, 2.75) is 44.6 Å². The van der Waals surface area contributed by atoms with E-state index in [1.807, 2.05) is 26.8 Å². The summed E-state index contributed by atoms with van der Waals surface area (Å²) in [6.45, 7) is 7.06. The van der Waals surface area contributed by atoms with E-state index in [0.29, 0.717) is 42.3 Å². The van der Waals surface area contributed by atoms with E-state index in [9.17, 15) is 8.42 Å². The van der Waals surface area contributed by atoms with E-state index in [1.165, 1.54) is 4.31 Å². The van der Waals surface area contributed by atoms with Gasteiger partial charge in [-0.05, 0) is 43.0 Å². The number of rotatable bonds is 4. The van der Waals surface area contributed by atoms with Crippen molar-refractivity contribution in [1.29, 1.82) is 0 Å². The number of morpholine rings is 1. The van der Waals surface area contributed by atoms with Crippen molar-refractivity contribution in [3.05, 3.63) is 23.3 Å². The maximum absolute atomic E-state index is 13.0. The molecule has 0 amide bonds. The van der Waals surface area contributed by atoms with Gasteiger partial charge in [-0.3, -0.25) is 0 Å². The smallest absolute Gasteiger partial charge is 0.243 e. The van der Waals surface area contributed by atoms with Crippen molar-refractivity contribution in [2.24, 2.45) is 0 Å². The van der Waals surface area contributed by atoms with Crippen LogP contribution >= 0.6 is 0 Å². The van der Waals surface area contributed by atoms with E-state index in [0.717, 1.165) is 12.0 Å². The topological polar surface area (TPSA) is 72.6 Å². The van der Waals surface area contributed by atoms with Gasteiger partial charge in [-0.1, -0.05) is 13.8 Å². The lowest BCUT2D eigenvalue weighted by molar-refractivity contribution is 0.0392. The summed E-state index contributed by atoms with van der Waals surface area (Å²) in [5.41, 5.74) is 8.29. The third kappa shape index (κ3) is 3.07. The minimum absolute atomic E-state index is 0.153. The molecule has 0 aromatic heterocycles. The first kappa shape index (κ1) is 16.3. The molecule has 0 spiro atoms. The predicted molar refractivity (Wildman–Crippen MR) is 83.8 cm³/mol. The van der Waals surface area contributed by atoms with Crippen molar-refractivity contribution in [1.82, 2.24) is 4.31 Å². The summed E-state index contributed by atoms with van der Waals surface area (Å²) in [6.07, 6.45) is 1.36. The minimum Gasteiger partial charge on any atom is -0.398 e. The van der Waals surface area contributed by atoms with E-state index >= 15 is 0 Å². The SMILES string of the molecule is CCc1cc(N)c(CC)c(S(=O)(=O)N2CCOCC2C)c1. The van der Waals surface area contributed by atoms with Gasteiger partial charge in [-0.15, -0.1) is 0 Å². The molecule has 1 atom stereocenters. The highest BCUT2D eigenvalue weighted by Gasteiger charge is 2.33.